The van der Waals surface area contributed by atoms with Crippen molar-refractivity contribution in [2.75, 3.05) is 12.4 Å². The number of nitrogens with one attached hydrogen (secondary N) is 1. The molecule has 1 fully saturated rings. The predicted octanol–water partition coefficient (Wildman–Crippen LogP) is 4.67. The number of anilines is 1. The van der Waals surface area contributed by atoms with Crippen LogP contribution in [0.1, 0.15) is 32.1 Å². The first kappa shape index (κ1) is 16.1. The number of nitrogens with zero attached hydrogens (tertiary/aromatic N) is 1. The lowest BCUT2D eigenvalue weighted by Gasteiger charge is -2.22. The van der Waals surface area contributed by atoms with E-state index in [1.54, 1.807) is 19.2 Å². The van der Waals surface area contributed by atoms with Gasteiger partial charge in [0.25, 0.3) is 0 Å². The zero-order valence-electron chi connectivity index (χ0n) is 14.1. The van der Waals surface area contributed by atoms with Crippen LogP contribution < -0.4 is 15.7 Å². The van der Waals surface area contributed by atoms with Gasteiger partial charge in [0.05, 0.1) is 18.4 Å². The average molecular weight is 356 g/mol. The van der Waals surface area contributed by atoms with Crippen LogP contribution in [0.25, 0.3) is 22.2 Å². The van der Waals surface area contributed by atoms with E-state index in [2.05, 4.69) is 10.3 Å². The fourth-order valence-corrected chi connectivity index (χ4v) is 4.08. The molecule has 130 valence electrons. The van der Waals surface area contributed by atoms with Crippen molar-refractivity contribution in [3.8, 4) is 17.0 Å². The summed E-state index contributed by atoms with van der Waals surface area (Å²) in [5.74, 6) is 0.727. The summed E-state index contributed by atoms with van der Waals surface area (Å²) >= 11 is 1.53. The second-order valence-corrected chi connectivity index (χ2v) is 7.23. The van der Waals surface area contributed by atoms with E-state index in [-0.39, 0.29) is 5.63 Å². The number of aromatic nitrogens is 1. The highest BCUT2D eigenvalue weighted by atomic mass is 32.1. The maximum Gasteiger partial charge on any atom is 0.345 e. The van der Waals surface area contributed by atoms with Crippen molar-refractivity contribution in [2.45, 2.75) is 38.1 Å². The minimum Gasteiger partial charge on any atom is -0.497 e. The van der Waals surface area contributed by atoms with Crippen LogP contribution in [0.15, 0.2) is 38.9 Å². The molecule has 0 amide bonds. The molecule has 6 heteroatoms. The van der Waals surface area contributed by atoms with E-state index < -0.39 is 0 Å². The summed E-state index contributed by atoms with van der Waals surface area (Å²) in [6.07, 6.45) is 6.24. The molecule has 3 aromatic rings. The first-order valence-electron chi connectivity index (χ1n) is 8.57. The Hall–Kier alpha value is -2.34. The fraction of sp³-hybridized carbons (Fsp3) is 0.368. The van der Waals surface area contributed by atoms with Crippen LogP contribution in [-0.4, -0.2) is 18.1 Å². The lowest BCUT2D eigenvalue weighted by Crippen LogP contribution is -2.22. The zero-order chi connectivity index (χ0) is 17.2. The van der Waals surface area contributed by atoms with Gasteiger partial charge in [-0.25, -0.2) is 9.78 Å². The Morgan fingerprint density at radius 2 is 2.08 bits per heavy atom. The Morgan fingerprint density at radius 3 is 2.88 bits per heavy atom. The van der Waals surface area contributed by atoms with Gasteiger partial charge < -0.3 is 14.5 Å². The Balaban J connectivity index is 1.64. The third-order valence-electron chi connectivity index (χ3n) is 4.65. The van der Waals surface area contributed by atoms with E-state index in [9.17, 15) is 4.79 Å². The van der Waals surface area contributed by atoms with Crippen molar-refractivity contribution in [1.29, 1.82) is 0 Å². The second-order valence-electron chi connectivity index (χ2n) is 6.37. The molecule has 1 N–H and O–H groups in total. The minimum absolute atomic E-state index is 0.368. The van der Waals surface area contributed by atoms with Crippen molar-refractivity contribution in [2.24, 2.45) is 0 Å². The number of ether oxygens (including phenoxy) is 1. The molecule has 1 aliphatic rings. The summed E-state index contributed by atoms with van der Waals surface area (Å²) in [4.78, 5) is 16.9. The first-order valence-corrected chi connectivity index (χ1v) is 9.45. The molecule has 1 saturated carbocycles. The van der Waals surface area contributed by atoms with Gasteiger partial charge in [-0.1, -0.05) is 19.3 Å². The topological polar surface area (TPSA) is 64.4 Å². The molecule has 4 rings (SSSR count). The standard InChI is InChI=1S/C19H20N2O3S/c1-23-14-7-8-17-12(9-14)10-15(18(22)24-17)16-11-25-19(21-16)20-13-5-3-2-4-6-13/h7-11,13H,2-6H2,1H3,(H,20,21). The number of benzene rings is 1. The van der Waals surface area contributed by atoms with Crippen molar-refractivity contribution < 1.29 is 9.15 Å². The summed E-state index contributed by atoms with van der Waals surface area (Å²) in [5.41, 5.74) is 1.31. The Bertz CT molecular complexity index is 941. The smallest absolute Gasteiger partial charge is 0.345 e. The van der Waals surface area contributed by atoms with E-state index in [1.807, 2.05) is 17.5 Å². The third kappa shape index (κ3) is 3.39. The number of hydrogen-bond donors (Lipinski definition) is 1. The van der Waals surface area contributed by atoms with Gasteiger partial charge in [-0.05, 0) is 37.1 Å². The summed E-state index contributed by atoms with van der Waals surface area (Å²) in [5, 5.41) is 7.10. The lowest BCUT2D eigenvalue weighted by atomic mass is 9.96. The van der Waals surface area contributed by atoms with Gasteiger partial charge >= 0.3 is 5.63 Å². The molecule has 1 aromatic carbocycles. The van der Waals surface area contributed by atoms with Gasteiger partial charge in [0.15, 0.2) is 5.13 Å². The van der Waals surface area contributed by atoms with E-state index in [0.29, 0.717) is 22.9 Å². The molecule has 2 aromatic heterocycles. The molecule has 0 bridgehead atoms. The molecule has 0 aliphatic heterocycles. The summed E-state index contributed by atoms with van der Waals surface area (Å²) in [7, 11) is 1.62. The number of hydrogen-bond acceptors (Lipinski definition) is 6. The minimum atomic E-state index is -0.368. The number of methoxy groups -OCH3 is 1. The van der Waals surface area contributed by atoms with E-state index >= 15 is 0 Å². The highest BCUT2D eigenvalue weighted by Gasteiger charge is 2.16. The second kappa shape index (κ2) is 6.88. The molecule has 0 radical (unpaired) electrons. The maximum absolute atomic E-state index is 12.3. The van der Waals surface area contributed by atoms with Crippen LogP contribution in [0.3, 0.4) is 0 Å². The van der Waals surface area contributed by atoms with Gasteiger partial charge in [-0.2, -0.15) is 0 Å². The molecule has 25 heavy (non-hydrogen) atoms. The van der Waals surface area contributed by atoms with Crippen molar-refractivity contribution >= 4 is 27.4 Å². The number of rotatable bonds is 4. The van der Waals surface area contributed by atoms with Crippen LogP contribution in [-0.2, 0) is 0 Å². The van der Waals surface area contributed by atoms with E-state index in [0.717, 1.165) is 16.3 Å². The van der Waals surface area contributed by atoms with Crippen LogP contribution in [0, 0.1) is 0 Å². The van der Waals surface area contributed by atoms with Gasteiger partial charge in [-0.3, -0.25) is 0 Å². The van der Waals surface area contributed by atoms with E-state index in [4.69, 9.17) is 9.15 Å². The summed E-state index contributed by atoms with van der Waals surface area (Å²) in [6, 6.07) is 7.69. The molecule has 0 unspecified atom stereocenters. The van der Waals surface area contributed by atoms with Gasteiger partial charge in [0.2, 0.25) is 0 Å². The van der Waals surface area contributed by atoms with Gasteiger partial charge in [-0.15, -0.1) is 11.3 Å². The van der Waals surface area contributed by atoms with Gasteiger partial charge in [0, 0.05) is 16.8 Å². The number of thiazole rings is 1. The molecule has 5 nitrogen and oxygen atoms in total. The van der Waals surface area contributed by atoms with Crippen molar-refractivity contribution in [3.05, 3.63) is 40.1 Å². The SMILES string of the molecule is COc1ccc2oc(=O)c(-c3csc(NC4CCCCC4)n3)cc2c1. The fourth-order valence-electron chi connectivity index (χ4n) is 3.29. The average Bonchev–Trinajstić information content (AvgIpc) is 3.10. The summed E-state index contributed by atoms with van der Waals surface area (Å²) in [6.45, 7) is 0. The van der Waals surface area contributed by atoms with Crippen LogP contribution >= 0.6 is 11.3 Å². The maximum atomic E-state index is 12.3. The Morgan fingerprint density at radius 1 is 1.24 bits per heavy atom. The predicted molar refractivity (Wildman–Crippen MR) is 101 cm³/mol. The quantitative estimate of drug-likeness (QED) is 0.688. The summed E-state index contributed by atoms with van der Waals surface area (Å²) < 4.78 is 10.7. The van der Waals surface area contributed by atoms with Crippen molar-refractivity contribution in [3.63, 3.8) is 0 Å². The van der Waals surface area contributed by atoms with Crippen LogP contribution in [0.4, 0.5) is 5.13 Å². The van der Waals surface area contributed by atoms with Crippen LogP contribution in [0.5, 0.6) is 5.75 Å². The Kier molecular flexibility index (Phi) is 4.44. The zero-order valence-corrected chi connectivity index (χ0v) is 14.9. The Labute approximate surface area is 149 Å². The molecular formula is C19H20N2O3S. The van der Waals surface area contributed by atoms with E-state index in [1.165, 1.54) is 43.4 Å². The number of fused-ring (bicyclic) bond motifs is 1. The molecule has 0 spiro atoms. The molecule has 0 atom stereocenters. The lowest BCUT2D eigenvalue weighted by molar-refractivity contribution is 0.415. The molecule has 0 saturated heterocycles. The first-order chi connectivity index (χ1) is 12.2. The third-order valence-corrected chi connectivity index (χ3v) is 5.43. The molecule has 1 aliphatic carbocycles. The van der Waals surface area contributed by atoms with Gasteiger partial charge in [0.1, 0.15) is 11.3 Å². The highest BCUT2D eigenvalue weighted by Crippen LogP contribution is 2.29. The van der Waals surface area contributed by atoms with Crippen molar-refractivity contribution in [1.82, 2.24) is 4.98 Å². The largest absolute Gasteiger partial charge is 0.497 e. The molecular weight excluding hydrogens is 336 g/mol. The normalized spacial score (nSPS) is 15.4. The highest BCUT2D eigenvalue weighted by molar-refractivity contribution is 7.14. The monoisotopic (exact) mass is 356 g/mol. The van der Waals surface area contributed by atoms with Crippen LogP contribution in [0.2, 0.25) is 0 Å². The molecule has 2 heterocycles.